The van der Waals surface area contributed by atoms with Gasteiger partial charge in [-0.15, -0.1) is 0 Å². The van der Waals surface area contributed by atoms with Crippen molar-refractivity contribution in [2.45, 2.75) is 37.2 Å². The first-order valence-electron chi connectivity index (χ1n) is 7.37. The highest BCUT2D eigenvalue weighted by Crippen LogP contribution is 2.33. The van der Waals surface area contributed by atoms with E-state index in [0.717, 1.165) is 18.6 Å². The molecule has 116 valence electrons. The highest BCUT2D eigenvalue weighted by atomic mass is 32.2. The number of carbonyl (C=O) groups is 1. The number of thioether (sulfide) groups is 1. The maximum Gasteiger partial charge on any atom is 0.329 e. The van der Waals surface area contributed by atoms with E-state index in [4.69, 9.17) is 4.74 Å². The van der Waals surface area contributed by atoms with Crippen molar-refractivity contribution in [1.29, 1.82) is 0 Å². The van der Waals surface area contributed by atoms with E-state index in [1.165, 1.54) is 0 Å². The fourth-order valence-corrected chi connectivity index (χ4v) is 4.15. The van der Waals surface area contributed by atoms with Crippen molar-refractivity contribution >= 4 is 17.7 Å². The minimum Gasteiger partial charge on any atom is -0.480 e. The molecule has 1 fully saturated rings. The molecule has 3 atom stereocenters. The summed E-state index contributed by atoms with van der Waals surface area (Å²) in [7, 11) is 0. The second-order valence-corrected chi connectivity index (χ2v) is 6.55. The van der Waals surface area contributed by atoms with Gasteiger partial charge in [-0.1, -0.05) is 37.3 Å². The number of aliphatic carboxylic acids is 1. The summed E-state index contributed by atoms with van der Waals surface area (Å²) in [6.45, 7) is 5.37. The number of carboxylic acid groups (broad SMARTS) is 1. The first-order chi connectivity index (χ1) is 10.1. The molecule has 4 nitrogen and oxygen atoms in total. The maximum absolute atomic E-state index is 12.0. The zero-order valence-corrected chi connectivity index (χ0v) is 13.4. The van der Waals surface area contributed by atoms with Gasteiger partial charge in [0, 0.05) is 17.6 Å². The van der Waals surface area contributed by atoms with Crippen LogP contribution in [0.3, 0.4) is 0 Å². The van der Waals surface area contributed by atoms with Gasteiger partial charge in [-0.2, -0.15) is 11.8 Å². The molecule has 1 aromatic carbocycles. The average Bonchev–Trinajstić information content (AvgIpc) is 2.89. The van der Waals surface area contributed by atoms with Gasteiger partial charge < -0.3 is 9.84 Å². The number of hydrogen-bond acceptors (Lipinski definition) is 4. The van der Waals surface area contributed by atoms with Crippen LogP contribution in [0.25, 0.3) is 0 Å². The van der Waals surface area contributed by atoms with Crippen LogP contribution in [0.1, 0.15) is 25.8 Å². The number of nitrogens with one attached hydrogen (secondary N) is 1. The molecule has 1 aromatic rings. The molecule has 0 radical (unpaired) electrons. The van der Waals surface area contributed by atoms with Crippen molar-refractivity contribution in [1.82, 2.24) is 5.32 Å². The maximum atomic E-state index is 12.0. The largest absolute Gasteiger partial charge is 0.480 e. The van der Waals surface area contributed by atoms with Crippen molar-refractivity contribution < 1.29 is 14.6 Å². The fraction of sp³-hybridized carbons (Fsp3) is 0.562. The molecular weight excluding hydrogens is 286 g/mol. The van der Waals surface area contributed by atoms with Crippen LogP contribution in [0, 0.1) is 0 Å². The molecule has 2 rings (SSSR count). The second kappa shape index (κ2) is 7.29. The molecule has 1 heterocycles. The third kappa shape index (κ3) is 3.59. The van der Waals surface area contributed by atoms with E-state index < -0.39 is 11.5 Å². The van der Waals surface area contributed by atoms with Crippen molar-refractivity contribution in [2.24, 2.45) is 0 Å². The molecular formula is C16H23NO3S. The van der Waals surface area contributed by atoms with E-state index in [0.29, 0.717) is 17.5 Å². The molecule has 0 bridgehead atoms. The van der Waals surface area contributed by atoms with Gasteiger partial charge in [0.2, 0.25) is 0 Å². The molecule has 3 unspecified atom stereocenters. The summed E-state index contributed by atoms with van der Waals surface area (Å²) in [5.41, 5.74) is -0.235. The molecule has 0 amide bonds. The summed E-state index contributed by atoms with van der Waals surface area (Å²) in [5, 5.41) is 13.4. The highest BCUT2D eigenvalue weighted by Gasteiger charge is 2.41. The van der Waals surface area contributed by atoms with Crippen LogP contribution in [0.5, 0.6) is 0 Å². The molecule has 0 aliphatic carbocycles. The molecule has 21 heavy (non-hydrogen) atoms. The van der Waals surface area contributed by atoms with Gasteiger partial charge in [-0.25, -0.2) is 4.79 Å². The second-order valence-electron chi connectivity index (χ2n) is 5.32. The number of likely N-dealkylation sites (N-methyl/N-ethyl adjacent to an activating group) is 1. The van der Waals surface area contributed by atoms with E-state index in [-0.39, 0.29) is 6.10 Å². The summed E-state index contributed by atoms with van der Waals surface area (Å²) < 4.78 is 5.57. The third-order valence-corrected chi connectivity index (χ3v) is 5.58. The van der Waals surface area contributed by atoms with E-state index in [2.05, 4.69) is 12.2 Å². The summed E-state index contributed by atoms with van der Waals surface area (Å²) in [6, 6.07) is 9.44. The predicted octanol–water partition coefficient (Wildman–Crippen LogP) is 2.49. The summed E-state index contributed by atoms with van der Waals surface area (Å²) in [4.78, 5) is 12.0. The molecule has 0 aromatic heterocycles. The first-order valence-corrected chi connectivity index (χ1v) is 8.42. The average molecular weight is 309 g/mol. The molecule has 1 aliphatic rings. The van der Waals surface area contributed by atoms with E-state index >= 15 is 0 Å². The van der Waals surface area contributed by atoms with Gasteiger partial charge in [0.1, 0.15) is 0 Å². The van der Waals surface area contributed by atoms with E-state index in [1.807, 2.05) is 37.3 Å². The van der Waals surface area contributed by atoms with Crippen LogP contribution >= 0.6 is 11.8 Å². The Balaban J connectivity index is 2.20. The standard InChI is InChI=1S/C16H23NO3S/c1-3-17-16(15(18)19,13-7-5-4-6-8-13)11-21-14-9-10-20-12(14)2/h4-8,12,14,17H,3,9-11H2,1-2H3,(H,18,19). The van der Waals surface area contributed by atoms with Crippen LogP contribution in [0.2, 0.25) is 0 Å². The van der Waals surface area contributed by atoms with Crippen molar-refractivity contribution in [3.8, 4) is 0 Å². The van der Waals surface area contributed by atoms with Crippen molar-refractivity contribution in [3.63, 3.8) is 0 Å². The number of rotatable bonds is 7. The Bertz CT molecular complexity index is 468. The van der Waals surface area contributed by atoms with E-state index in [9.17, 15) is 9.90 Å². The summed E-state index contributed by atoms with van der Waals surface area (Å²) in [6.07, 6.45) is 1.18. The van der Waals surface area contributed by atoms with E-state index in [1.54, 1.807) is 11.8 Å². The van der Waals surface area contributed by atoms with Gasteiger partial charge in [-0.05, 0) is 25.5 Å². The lowest BCUT2D eigenvalue weighted by Gasteiger charge is -2.32. The van der Waals surface area contributed by atoms with Crippen LogP contribution in [-0.2, 0) is 15.1 Å². The Kier molecular flexibility index (Phi) is 5.67. The van der Waals surface area contributed by atoms with Crippen LogP contribution in [0.4, 0.5) is 0 Å². The lowest BCUT2D eigenvalue weighted by atomic mass is 9.92. The smallest absolute Gasteiger partial charge is 0.329 e. The zero-order chi connectivity index (χ0) is 15.3. The number of ether oxygens (including phenoxy) is 1. The van der Waals surface area contributed by atoms with Gasteiger partial charge in [-0.3, -0.25) is 5.32 Å². The monoisotopic (exact) mass is 309 g/mol. The first kappa shape index (κ1) is 16.3. The van der Waals surface area contributed by atoms with Crippen LogP contribution in [0.15, 0.2) is 30.3 Å². The number of hydrogen-bond donors (Lipinski definition) is 2. The number of benzene rings is 1. The summed E-state index contributed by atoms with van der Waals surface area (Å²) in [5.74, 6) is -0.326. The zero-order valence-electron chi connectivity index (χ0n) is 12.5. The highest BCUT2D eigenvalue weighted by molar-refractivity contribution is 8.00. The Morgan fingerprint density at radius 2 is 2.19 bits per heavy atom. The predicted molar refractivity (Wildman–Crippen MR) is 85.7 cm³/mol. The van der Waals surface area contributed by atoms with Crippen LogP contribution in [-0.4, -0.2) is 41.3 Å². The molecule has 1 aliphatic heterocycles. The SMILES string of the molecule is CCNC(CSC1CCOC1C)(C(=O)O)c1ccccc1. The Labute approximate surface area is 130 Å². The minimum atomic E-state index is -1.04. The molecule has 0 saturated carbocycles. The fourth-order valence-electron chi connectivity index (χ4n) is 2.68. The van der Waals surface area contributed by atoms with Gasteiger partial charge in [0.25, 0.3) is 0 Å². The molecule has 1 saturated heterocycles. The van der Waals surface area contributed by atoms with Gasteiger partial charge in [0.05, 0.1) is 6.10 Å². The summed E-state index contributed by atoms with van der Waals surface area (Å²) >= 11 is 1.69. The van der Waals surface area contributed by atoms with Gasteiger partial charge in [0.15, 0.2) is 5.54 Å². The number of carboxylic acids is 1. The Hall–Kier alpha value is -1.04. The Morgan fingerprint density at radius 1 is 1.48 bits per heavy atom. The molecule has 5 heteroatoms. The van der Waals surface area contributed by atoms with Crippen molar-refractivity contribution in [3.05, 3.63) is 35.9 Å². The quantitative estimate of drug-likeness (QED) is 0.810. The topological polar surface area (TPSA) is 58.6 Å². The van der Waals surface area contributed by atoms with Crippen LogP contribution < -0.4 is 5.32 Å². The molecule has 2 N–H and O–H groups in total. The van der Waals surface area contributed by atoms with Gasteiger partial charge >= 0.3 is 5.97 Å². The normalized spacial score (nSPS) is 24.7. The molecule has 0 spiro atoms. The third-order valence-electron chi connectivity index (χ3n) is 3.93. The lowest BCUT2D eigenvalue weighted by Crippen LogP contribution is -2.51. The van der Waals surface area contributed by atoms with Crippen molar-refractivity contribution in [2.75, 3.05) is 18.9 Å². The minimum absolute atomic E-state index is 0.193. The Morgan fingerprint density at radius 3 is 2.71 bits per heavy atom. The lowest BCUT2D eigenvalue weighted by molar-refractivity contribution is -0.144.